The third kappa shape index (κ3) is 6.29. The molecule has 214 valence electrons. The molecule has 0 radical (unpaired) electrons. The number of imidazole rings is 1. The molecule has 8 heteroatoms. The molecule has 2 aromatic carbocycles. The second kappa shape index (κ2) is 13.2. The van der Waals surface area contributed by atoms with Crippen LogP contribution in [0.25, 0.3) is 11.2 Å². The lowest BCUT2D eigenvalue weighted by Crippen LogP contribution is -2.39. The van der Waals surface area contributed by atoms with Crippen molar-refractivity contribution >= 4 is 11.2 Å². The van der Waals surface area contributed by atoms with E-state index in [1.165, 1.54) is 15.7 Å². The zero-order chi connectivity index (χ0) is 28.8. The van der Waals surface area contributed by atoms with Gasteiger partial charge in [0.25, 0.3) is 5.56 Å². The van der Waals surface area contributed by atoms with Gasteiger partial charge in [0.2, 0.25) is 0 Å². The number of aryl methyl sites for hydroxylation is 1. The molecule has 0 N–H and O–H groups in total. The van der Waals surface area contributed by atoms with Crippen LogP contribution in [0.1, 0.15) is 50.7 Å². The van der Waals surface area contributed by atoms with Crippen LogP contribution in [-0.4, -0.2) is 61.2 Å². The summed E-state index contributed by atoms with van der Waals surface area (Å²) in [7, 11) is 3.43. The Balaban J connectivity index is 1.53. The quantitative estimate of drug-likeness (QED) is 0.254. The van der Waals surface area contributed by atoms with Crippen molar-refractivity contribution in [2.24, 2.45) is 20.0 Å². The Morgan fingerprint density at radius 1 is 0.800 bits per heavy atom. The van der Waals surface area contributed by atoms with E-state index >= 15 is 0 Å². The average molecular weight is 545 g/mol. The molecular formula is C32H44N6O2. The first-order valence-corrected chi connectivity index (χ1v) is 14.5. The topological polar surface area (TPSA) is 68.3 Å². The van der Waals surface area contributed by atoms with E-state index in [1.54, 1.807) is 11.6 Å². The molecule has 0 saturated carbocycles. The fourth-order valence-corrected chi connectivity index (χ4v) is 5.54. The van der Waals surface area contributed by atoms with Crippen LogP contribution >= 0.6 is 0 Å². The molecule has 0 bridgehead atoms. The van der Waals surface area contributed by atoms with E-state index in [4.69, 9.17) is 4.98 Å². The second-order valence-corrected chi connectivity index (χ2v) is 10.9. The van der Waals surface area contributed by atoms with Crippen LogP contribution in [-0.2, 0) is 27.1 Å². The number of rotatable bonds is 13. The highest BCUT2D eigenvalue weighted by Crippen LogP contribution is 2.28. The van der Waals surface area contributed by atoms with Gasteiger partial charge in [-0.15, -0.1) is 0 Å². The first-order valence-electron chi connectivity index (χ1n) is 14.5. The van der Waals surface area contributed by atoms with Gasteiger partial charge in [-0.2, -0.15) is 0 Å². The number of hydrogen-bond acceptors (Lipinski definition) is 5. The van der Waals surface area contributed by atoms with Gasteiger partial charge in [0.05, 0.1) is 6.04 Å². The summed E-state index contributed by atoms with van der Waals surface area (Å²) in [4.78, 5) is 35.7. The van der Waals surface area contributed by atoms with Gasteiger partial charge < -0.3 is 9.47 Å². The summed E-state index contributed by atoms with van der Waals surface area (Å²) in [5, 5.41) is 0. The molecule has 0 atom stereocenters. The third-order valence-electron chi connectivity index (χ3n) is 7.80. The van der Waals surface area contributed by atoms with Gasteiger partial charge in [0.1, 0.15) is 5.82 Å². The van der Waals surface area contributed by atoms with E-state index in [1.807, 2.05) is 11.6 Å². The molecule has 2 aromatic heterocycles. The molecule has 4 aromatic rings. The van der Waals surface area contributed by atoms with E-state index in [-0.39, 0.29) is 23.2 Å². The van der Waals surface area contributed by atoms with E-state index in [0.29, 0.717) is 24.1 Å². The summed E-state index contributed by atoms with van der Waals surface area (Å²) in [5.41, 5.74) is 2.98. The molecule has 0 aliphatic rings. The van der Waals surface area contributed by atoms with Crippen molar-refractivity contribution in [3.63, 3.8) is 0 Å². The lowest BCUT2D eigenvalue weighted by Gasteiger charge is -2.33. The molecule has 0 spiro atoms. The van der Waals surface area contributed by atoms with Crippen LogP contribution in [0.5, 0.6) is 0 Å². The first kappa shape index (κ1) is 29.5. The molecule has 0 aliphatic heterocycles. The largest absolute Gasteiger partial charge is 0.332 e. The van der Waals surface area contributed by atoms with Crippen LogP contribution < -0.4 is 11.2 Å². The Bertz CT molecular complexity index is 1460. The normalized spacial score (nSPS) is 12.1. The molecule has 0 amide bonds. The highest BCUT2D eigenvalue weighted by molar-refractivity contribution is 5.71. The minimum Gasteiger partial charge on any atom is -0.325 e. The van der Waals surface area contributed by atoms with Crippen LogP contribution in [0.4, 0.5) is 0 Å². The maximum atomic E-state index is 13.0. The molecule has 0 unspecified atom stereocenters. The van der Waals surface area contributed by atoms with Crippen molar-refractivity contribution < 1.29 is 0 Å². The summed E-state index contributed by atoms with van der Waals surface area (Å²) < 4.78 is 4.72. The molecule has 40 heavy (non-hydrogen) atoms. The van der Waals surface area contributed by atoms with Gasteiger partial charge in [-0.25, -0.2) is 9.78 Å². The van der Waals surface area contributed by atoms with Crippen molar-refractivity contribution in [3.8, 4) is 0 Å². The van der Waals surface area contributed by atoms with Crippen molar-refractivity contribution in [2.75, 3.05) is 32.7 Å². The Labute approximate surface area is 237 Å². The zero-order valence-corrected chi connectivity index (χ0v) is 24.9. The third-order valence-corrected chi connectivity index (χ3v) is 7.80. The van der Waals surface area contributed by atoms with Gasteiger partial charge >= 0.3 is 5.69 Å². The van der Waals surface area contributed by atoms with Gasteiger partial charge in [0.15, 0.2) is 11.2 Å². The van der Waals surface area contributed by atoms with Crippen molar-refractivity contribution in [3.05, 3.63) is 98.5 Å². The van der Waals surface area contributed by atoms with Gasteiger partial charge in [-0.3, -0.25) is 18.8 Å². The van der Waals surface area contributed by atoms with Crippen molar-refractivity contribution in [1.29, 1.82) is 0 Å². The number of aromatic nitrogens is 4. The monoisotopic (exact) mass is 544 g/mol. The van der Waals surface area contributed by atoms with Crippen LogP contribution in [0, 0.1) is 5.92 Å². The van der Waals surface area contributed by atoms with E-state index in [0.717, 1.165) is 38.5 Å². The molecule has 8 nitrogen and oxygen atoms in total. The lowest BCUT2D eigenvalue weighted by atomic mass is 9.97. The van der Waals surface area contributed by atoms with E-state index in [9.17, 15) is 9.59 Å². The SMILES string of the molecule is CCN(CCc1nc2c(c(=O)n(C)c(=O)n2CC(C)C)n1C)CCN(CC)C(c1ccccc1)c1ccccc1. The molecule has 0 aliphatic carbocycles. The number of nitrogens with zero attached hydrogens (tertiary/aromatic N) is 6. The fourth-order valence-electron chi connectivity index (χ4n) is 5.54. The summed E-state index contributed by atoms with van der Waals surface area (Å²) in [6.45, 7) is 13.6. The van der Waals surface area contributed by atoms with E-state index < -0.39 is 0 Å². The first-order chi connectivity index (χ1) is 19.3. The van der Waals surface area contributed by atoms with Gasteiger partial charge in [0, 0.05) is 46.7 Å². The minimum atomic E-state index is -0.308. The molecular weight excluding hydrogens is 500 g/mol. The van der Waals surface area contributed by atoms with Crippen LogP contribution in [0.3, 0.4) is 0 Å². The maximum Gasteiger partial charge on any atom is 0.332 e. The second-order valence-electron chi connectivity index (χ2n) is 10.9. The Morgan fingerprint density at radius 3 is 1.93 bits per heavy atom. The Hall–Kier alpha value is -3.49. The summed E-state index contributed by atoms with van der Waals surface area (Å²) in [5.74, 6) is 1.09. The predicted octanol–water partition coefficient (Wildman–Crippen LogP) is 4.07. The highest BCUT2D eigenvalue weighted by Gasteiger charge is 2.22. The number of fused-ring (bicyclic) bond motifs is 1. The maximum absolute atomic E-state index is 13.0. The average Bonchev–Trinajstić information content (AvgIpc) is 3.30. The van der Waals surface area contributed by atoms with E-state index in [2.05, 4.69) is 98.2 Å². The lowest BCUT2D eigenvalue weighted by molar-refractivity contribution is 0.187. The number of benzene rings is 2. The fraction of sp³-hybridized carbons (Fsp3) is 0.469. The Morgan fingerprint density at radius 2 is 1.40 bits per heavy atom. The van der Waals surface area contributed by atoms with Gasteiger partial charge in [-0.1, -0.05) is 88.4 Å². The predicted molar refractivity (Wildman–Crippen MR) is 163 cm³/mol. The number of likely N-dealkylation sites (N-methyl/N-ethyl adjacent to an activating group) is 2. The highest BCUT2D eigenvalue weighted by atomic mass is 16.2. The molecule has 0 saturated heterocycles. The molecule has 4 rings (SSSR count). The molecule has 2 heterocycles. The number of hydrogen-bond donors (Lipinski definition) is 0. The van der Waals surface area contributed by atoms with Crippen LogP contribution in [0.2, 0.25) is 0 Å². The summed E-state index contributed by atoms with van der Waals surface area (Å²) >= 11 is 0. The van der Waals surface area contributed by atoms with Crippen molar-refractivity contribution in [2.45, 2.75) is 46.7 Å². The Kier molecular flexibility index (Phi) is 9.76. The minimum absolute atomic E-state index is 0.194. The van der Waals surface area contributed by atoms with Gasteiger partial charge in [-0.05, 0) is 30.1 Å². The standard InChI is InChI=1S/C32H44N6O2/c1-7-36(21-22-37(8-2)28(25-15-11-9-12-16-25)26-17-13-10-14-18-26)20-19-27-33-30-29(34(27)5)31(39)35(6)32(40)38(30)23-24(3)4/h9-18,24,28H,7-8,19-23H2,1-6H3. The zero-order valence-electron chi connectivity index (χ0n) is 24.9. The van der Waals surface area contributed by atoms with Crippen molar-refractivity contribution in [1.82, 2.24) is 28.5 Å². The molecule has 0 fully saturated rings. The van der Waals surface area contributed by atoms with Crippen LogP contribution in [0.15, 0.2) is 70.3 Å². The summed E-state index contributed by atoms with van der Waals surface area (Å²) in [6, 6.07) is 21.6. The summed E-state index contributed by atoms with van der Waals surface area (Å²) in [6.07, 6.45) is 0.699. The smallest absolute Gasteiger partial charge is 0.325 e.